The summed E-state index contributed by atoms with van der Waals surface area (Å²) in [5, 5.41) is 24.4. The van der Waals surface area contributed by atoms with Crippen LogP contribution in [0.4, 0.5) is 5.69 Å². The average Bonchev–Trinajstić information content (AvgIpc) is 3.34. The van der Waals surface area contributed by atoms with E-state index in [-0.39, 0.29) is 22.9 Å². The second kappa shape index (κ2) is 11.8. The normalized spacial score (nSPS) is 15.1. The Morgan fingerprint density at radius 1 is 1.17 bits per heavy atom. The molecule has 0 aromatic heterocycles. The maximum atomic E-state index is 13.1. The SMILES string of the molecule is COCCC1(C(=O)NC(Cc2ccc(NC(=O)c3cc(C#N)ccc3Cl)cc2)C(=O)O)CCCC1. The molecule has 0 radical (unpaired) electrons. The molecule has 3 N–H and O–H groups in total. The first-order valence-electron chi connectivity index (χ1n) is 11.4. The quantitative estimate of drug-likeness (QED) is 0.452. The predicted molar refractivity (Wildman–Crippen MR) is 131 cm³/mol. The standard InChI is InChI=1S/C26H28ClN3O5/c1-35-13-12-26(10-2-3-11-26)25(34)30-22(24(32)33)15-17-4-7-19(8-5-17)29-23(31)20-14-18(16-28)6-9-21(20)27/h4-9,14,22H,2-3,10-13,15H2,1H3,(H,29,31)(H,30,34)(H,32,33). The molecule has 8 nitrogen and oxygen atoms in total. The fraction of sp³-hybridized carbons (Fsp3) is 0.385. The lowest BCUT2D eigenvalue weighted by Gasteiger charge is -2.29. The van der Waals surface area contributed by atoms with Crippen molar-refractivity contribution in [2.75, 3.05) is 19.0 Å². The van der Waals surface area contributed by atoms with Crippen LogP contribution in [0.15, 0.2) is 42.5 Å². The first-order chi connectivity index (χ1) is 16.8. The number of carbonyl (C=O) groups excluding carboxylic acids is 2. The number of rotatable bonds is 10. The highest BCUT2D eigenvalue weighted by molar-refractivity contribution is 6.34. The fourth-order valence-corrected chi connectivity index (χ4v) is 4.58. The number of ether oxygens (including phenoxy) is 1. The number of aliphatic carboxylic acids is 1. The zero-order chi connectivity index (χ0) is 25.4. The van der Waals surface area contributed by atoms with E-state index in [9.17, 15) is 19.5 Å². The average molecular weight is 498 g/mol. The van der Waals surface area contributed by atoms with Gasteiger partial charge < -0.3 is 20.5 Å². The molecule has 0 saturated heterocycles. The number of nitrogens with one attached hydrogen (secondary N) is 2. The summed E-state index contributed by atoms with van der Waals surface area (Å²) < 4.78 is 5.16. The van der Waals surface area contributed by atoms with Crippen LogP contribution in [0.1, 0.15) is 53.6 Å². The van der Waals surface area contributed by atoms with Gasteiger partial charge in [-0.25, -0.2) is 4.79 Å². The molecule has 1 atom stereocenters. The topological polar surface area (TPSA) is 129 Å². The Morgan fingerprint density at radius 3 is 2.46 bits per heavy atom. The van der Waals surface area contributed by atoms with Crippen molar-refractivity contribution in [1.29, 1.82) is 5.26 Å². The van der Waals surface area contributed by atoms with E-state index in [0.29, 0.717) is 29.8 Å². The maximum Gasteiger partial charge on any atom is 0.326 e. The number of carbonyl (C=O) groups is 3. The van der Waals surface area contributed by atoms with Crippen molar-refractivity contribution in [3.63, 3.8) is 0 Å². The van der Waals surface area contributed by atoms with Gasteiger partial charge in [0, 0.05) is 25.8 Å². The Morgan fingerprint density at radius 2 is 1.86 bits per heavy atom. The highest BCUT2D eigenvalue weighted by Crippen LogP contribution is 2.41. The van der Waals surface area contributed by atoms with Crippen molar-refractivity contribution in [2.45, 2.75) is 44.6 Å². The lowest BCUT2D eigenvalue weighted by molar-refractivity contribution is -0.144. The number of anilines is 1. The number of methoxy groups -OCH3 is 1. The van der Waals surface area contributed by atoms with Crippen LogP contribution in [0.2, 0.25) is 5.02 Å². The largest absolute Gasteiger partial charge is 0.480 e. The Labute approximate surface area is 209 Å². The van der Waals surface area contributed by atoms with E-state index in [1.807, 2.05) is 6.07 Å². The summed E-state index contributed by atoms with van der Waals surface area (Å²) in [4.78, 5) is 37.5. The number of halogens is 1. The summed E-state index contributed by atoms with van der Waals surface area (Å²) in [7, 11) is 1.59. The molecule has 2 amide bonds. The van der Waals surface area contributed by atoms with E-state index in [1.54, 1.807) is 31.4 Å². The molecule has 184 valence electrons. The molecule has 3 rings (SSSR count). The minimum absolute atomic E-state index is 0.103. The Bertz CT molecular complexity index is 1120. The van der Waals surface area contributed by atoms with Crippen molar-refractivity contribution in [3.05, 3.63) is 64.2 Å². The number of hydrogen-bond acceptors (Lipinski definition) is 5. The van der Waals surface area contributed by atoms with Crippen molar-refractivity contribution in [3.8, 4) is 6.07 Å². The van der Waals surface area contributed by atoms with Gasteiger partial charge in [0.25, 0.3) is 5.91 Å². The van der Waals surface area contributed by atoms with Gasteiger partial charge in [-0.1, -0.05) is 36.6 Å². The van der Waals surface area contributed by atoms with Crippen LogP contribution < -0.4 is 10.6 Å². The predicted octanol–water partition coefficient (Wildman–Crippen LogP) is 4.17. The summed E-state index contributed by atoms with van der Waals surface area (Å²) in [5.74, 6) is -1.81. The summed E-state index contributed by atoms with van der Waals surface area (Å²) in [6, 6.07) is 12.0. The van der Waals surface area contributed by atoms with Gasteiger partial charge in [-0.05, 0) is 55.2 Å². The molecule has 2 aromatic rings. The Kier molecular flexibility index (Phi) is 8.85. The van der Waals surface area contributed by atoms with Crippen molar-refractivity contribution in [1.82, 2.24) is 5.32 Å². The molecule has 1 unspecified atom stereocenters. The van der Waals surface area contributed by atoms with Crippen LogP contribution in [0.3, 0.4) is 0 Å². The molecule has 1 aliphatic carbocycles. The Hall–Kier alpha value is -3.41. The number of nitriles is 1. The molecule has 1 aliphatic rings. The number of carboxylic acid groups (broad SMARTS) is 1. The van der Waals surface area contributed by atoms with E-state index in [0.717, 1.165) is 25.7 Å². The molecule has 35 heavy (non-hydrogen) atoms. The third kappa shape index (κ3) is 6.59. The molecule has 0 aliphatic heterocycles. The van der Waals surface area contributed by atoms with Crippen LogP contribution in [0.5, 0.6) is 0 Å². The molecule has 2 aromatic carbocycles. The van der Waals surface area contributed by atoms with Gasteiger partial charge in [0.05, 0.1) is 27.6 Å². The van der Waals surface area contributed by atoms with Crippen molar-refractivity contribution in [2.24, 2.45) is 5.41 Å². The van der Waals surface area contributed by atoms with Gasteiger partial charge >= 0.3 is 5.97 Å². The van der Waals surface area contributed by atoms with Crippen LogP contribution in [-0.2, 0) is 20.7 Å². The van der Waals surface area contributed by atoms with E-state index < -0.39 is 23.3 Å². The number of nitrogens with zero attached hydrogens (tertiary/aromatic N) is 1. The second-order valence-electron chi connectivity index (χ2n) is 8.76. The first-order valence-corrected chi connectivity index (χ1v) is 11.8. The van der Waals surface area contributed by atoms with Crippen LogP contribution in [-0.4, -0.2) is 42.6 Å². The monoisotopic (exact) mass is 497 g/mol. The lowest BCUT2D eigenvalue weighted by atomic mass is 9.81. The fourth-order valence-electron chi connectivity index (χ4n) is 4.38. The first kappa shape index (κ1) is 26.2. The van der Waals surface area contributed by atoms with Crippen LogP contribution in [0.25, 0.3) is 0 Å². The van der Waals surface area contributed by atoms with Gasteiger partial charge in [-0.2, -0.15) is 5.26 Å². The summed E-state index contributed by atoms with van der Waals surface area (Å²) in [5.41, 5.74) is 1.09. The molecule has 1 fully saturated rings. The minimum Gasteiger partial charge on any atom is -0.480 e. The van der Waals surface area contributed by atoms with Crippen molar-refractivity contribution < 1.29 is 24.2 Å². The second-order valence-corrected chi connectivity index (χ2v) is 9.16. The molecular formula is C26H28ClN3O5. The van der Waals surface area contributed by atoms with Crippen LogP contribution >= 0.6 is 11.6 Å². The number of amides is 2. The lowest BCUT2D eigenvalue weighted by Crippen LogP contribution is -2.49. The van der Waals surface area contributed by atoms with Gasteiger partial charge in [0.15, 0.2) is 0 Å². The molecule has 9 heteroatoms. The molecular weight excluding hydrogens is 470 g/mol. The van der Waals surface area contributed by atoms with E-state index in [2.05, 4.69) is 10.6 Å². The summed E-state index contributed by atoms with van der Waals surface area (Å²) in [6.07, 6.45) is 4.00. The smallest absolute Gasteiger partial charge is 0.326 e. The highest BCUT2D eigenvalue weighted by Gasteiger charge is 2.42. The summed E-state index contributed by atoms with van der Waals surface area (Å²) >= 11 is 6.09. The summed E-state index contributed by atoms with van der Waals surface area (Å²) in [6.45, 7) is 0.449. The third-order valence-corrected chi connectivity index (χ3v) is 6.75. The van der Waals surface area contributed by atoms with E-state index >= 15 is 0 Å². The van der Waals surface area contributed by atoms with Gasteiger partial charge in [0.2, 0.25) is 5.91 Å². The van der Waals surface area contributed by atoms with E-state index in [4.69, 9.17) is 21.6 Å². The molecule has 0 bridgehead atoms. The highest BCUT2D eigenvalue weighted by atomic mass is 35.5. The van der Waals surface area contributed by atoms with Gasteiger partial charge in [-0.15, -0.1) is 0 Å². The van der Waals surface area contributed by atoms with Crippen molar-refractivity contribution >= 4 is 35.1 Å². The zero-order valence-electron chi connectivity index (χ0n) is 19.5. The number of benzene rings is 2. The molecule has 0 spiro atoms. The van der Waals surface area contributed by atoms with E-state index in [1.165, 1.54) is 18.2 Å². The minimum atomic E-state index is -1.11. The molecule has 1 saturated carbocycles. The Balaban J connectivity index is 1.66. The van der Waals surface area contributed by atoms with Crippen LogP contribution in [0, 0.1) is 16.7 Å². The van der Waals surface area contributed by atoms with Gasteiger partial charge in [-0.3, -0.25) is 9.59 Å². The number of carboxylic acids is 1. The maximum absolute atomic E-state index is 13.1. The zero-order valence-corrected chi connectivity index (χ0v) is 20.2. The molecule has 0 heterocycles. The third-order valence-electron chi connectivity index (χ3n) is 6.42. The number of hydrogen-bond donors (Lipinski definition) is 3. The van der Waals surface area contributed by atoms with Gasteiger partial charge in [0.1, 0.15) is 6.04 Å².